The molecule has 4 heteroatoms. The van der Waals surface area contributed by atoms with E-state index in [-0.39, 0.29) is 6.10 Å². The molecule has 76 valence electrons. The highest BCUT2D eigenvalue weighted by atomic mass is 32.2. The Hall–Kier alpha value is -0.220. The zero-order chi connectivity index (χ0) is 9.84. The van der Waals surface area contributed by atoms with E-state index in [0.29, 0.717) is 0 Å². The van der Waals surface area contributed by atoms with Gasteiger partial charge in [0.2, 0.25) is 0 Å². The second kappa shape index (κ2) is 4.86. The van der Waals surface area contributed by atoms with E-state index in [9.17, 15) is 5.11 Å². The molecular formula is C9H15O3S-. The number of carbonyl (C=O) groups is 1. The van der Waals surface area contributed by atoms with Crippen molar-refractivity contribution in [1.29, 1.82) is 0 Å². The standard InChI is InChI=1S/C7H12OS.C2H4O2/c8-5-3-6-1-2-7(4-5)9-6;1-2(3)4/h5-8H,1-4H2;1H3,(H,3,4)/p-1. The van der Waals surface area contributed by atoms with Gasteiger partial charge in [-0.3, -0.25) is 0 Å². The lowest BCUT2D eigenvalue weighted by Crippen LogP contribution is -2.20. The van der Waals surface area contributed by atoms with Gasteiger partial charge in [0.05, 0.1) is 6.10 Å². The highest BCUT2D eigenvalue weighted by Crippen LogP contribution is 2.43. The van der Waals surface area contributed by atoms with Gasteiger partial charge in [-0.05, 0) is 32.6 Å². The van der Waals surface area contributed by atoms with Gasteiger partial charge in [-0.15, -0.1) is 0 Å². The minimum absolute atomic E-state index is 0.0312. The quantitative estimate of drug-likeness (QED) is 0.609. The lowest BCUT2D eigenvalue weighted by molar-refractivity contribution is -0.302. The summed E-state index contributed by atoms with van der Waals surface area (Å²) in [4.78, 5) is 8.89. The van der Waals surface area contributed by atoms with E-state index < -0.39 is 5.97 Å². The third kappa shape index (κ3) is 4.00. The Morgan fingerprint density at radius 2 is 1.77 bits per heavy atom. The van der Waals surface area contributed by atoms with Crippen molar-refractivity contribution in [3.05, 3.63) is 0 Å². The largest absolute Gasteiger partial charge is 0.550 e. The fourth-order valence-electron chi connectivity index (χ4n) is 1.83. The highest BCUT2D eigenvalue weighted by Gasteiger charge is 2.33. The van der Waals surface area contributed by atoms with Gasteiger partial charge in [-0.25, -0.2) is 0 Å². The van der Waals surface area contributed by atoms with Crippen LogP contribution in [0.25, 0.3) is 0 Å². The predicted octanol–water partition coefficient (Wildman–Crippen LogP) is 0.162. The first-order valence-electron chi connectivity index (χ1n) is 4.59. The molecular weight excluding hydrogens is 188 g/mol. The van der Waals surface area contributed by atoms with E-state index in [4.69, 9.17) is 9.90 Å². The maximum Gasteiger partial charge on any atom is 0.0561 e. The molecule has 0 aromatic carbocycles. The van der Waals surface area contributed by atoms with Gasteiger partial charge in [-0.2, -0.15) is 11.8 Å². The molecule has 2 aliphatic heterocycles. The van der Waals surface area contributed by atoms with E-state index in [0.717, 1.165) is 30.3 Å². The summed E-state index contributed by atoms with van der Waals surface area (Å²) in [6.45, 7) is 0.972. The topological polar surface area (TPSA) is 60.4 Å². The molecule has 2 bridgehead atoms. The Labute approximate surface area is 82.5 Å². The van der Waals surface area contributed by atoms with Crippen LogP contribution in [0.4, 0.5) is 0 Å². The number of thioether (sulfide) groups is 1. The first-order chi connectivity index (χ1) is 6.08. The van der Waals surface area contributed by atoms with Crippen molar-refractivity contribution in [2.45, 2.75) is 49.2 Å². The SMILES string of the molecule is CC(=O)[O-].OC1CC2CCC(C1)S2. The number of fused-ring (bicyclic) bond motifs is 2. The average molecular weight is 203 g/mol. The van der Waals surface area contributed by atoms with Crippen LogP contribution in [0.15, 0.2) is 0 Å². The molecule has 2 aliphatic rings. The second-order valence-corrected chi connectivity index (χ2v) is 5.18. The average Bonchev–Trinajstić information content (AvgIpc) is 2.29. The first kappa shape index (κ1) is 10.9. The van der Waals surface area contributed by atoms with Crippen molar-refractivity contribution >= 4 is 17.7 Å². The number of hydrogen-bond donors (Lipinski definition) is 1. The molecule has 1 N–H and O–H groups in total. The molecule has 0 amide bonds. The summed E-state index contributed by atoms with van der Waals surface area (Å²) in [5, 5.41) is 19.8. The molecule has 3 nitrogen and oxygen atoms in total. The summed E-state index contributed by atoms with van der Waals surface area (Å²) in [5.74, 6) is -1.08. The van der Waals surface area contributed by atoms with Crippen LogP contribution in [-0.4, -0.2) is 27.7 Å². The number of rotatable bonds is 0. The number of carboxylic acids is 1. The third-order valence-corrected chi connectivity index (χ3v) is 3.89. The molecule has 13 heavy (non-hydrogen) atoms. The highest BCUT2D eigenvalue weighted by molar-refractivity contribution is 8.00. The van der Waals surface area contributed by atoms with Crippen molar-refractivity contribution in [3.63, 3.8) is 0 Å². The van der Waals surface area contributed by atoms with Gasteiger partial charge in [0.1, 0.15) is 0 Å². The molecule has 0 aromatic heterocycles. The number of carbonyl (C=O) groups excluding carboxylic acids is 1. The Morgan fingerprint density at radius 3 is 2.15 bits per heavy atom. The molecule has 2 rings (SSSR count). The number of carboxylic acid groups (broad SMARTS) is 1. The summed E-state index contributed by atoms with van der Waals surface area (Å²) in [6.07, 6.45) is 4.85. The molecule has 2 fully saturated rings. The predicted molar refractivity (Wildman–Crippen MR) is 50.3 cm³/mol. The molecule has 0 radical (unpaired) electrons. The van der Waals surface area contributed by atoms with Crippen LogP contribution in [0.3, 0.4) is 0 Å². The van der Waals surface area contributed by atoms with E-state index in [2.05, 4.69) is 11.8 Å². The summed E-state index contributed by atoms with van der Waals surface area (Å²) in [6, 6.07) is 0. The smallest absolute Gasteiger partial charge is 0.0561 e. The van der Waals surface area contributed by atoms with E-state index in [1.165, 1.54) is 12.8 Å². The minimum atomic E-state index is -1.08. The van der Waals surface area contributed by atoms with Gasteiger partial charge < -0.3 is 15.0 Å². The Morgan fingerprint density at radius 1 is 1.38 bits per heavy atom. The van der Waals surface area contributed by atoms with Crippen molar-refractivity contribution in [3.8, 4) is 0 Å². The van der Waals surface area contributed by atoms with Gasteiger partial charge in [-0.1, -0.05) is 0 Å². The monoisotopic (exact) mass is 203 g/mol. The van der Waals surface area contributed by atoms with E-state index in [1.54, 1.807) is 0 Å². The van der Waals surface area contributed by atoms with Crippen LogP contribution in [0.5, 0.6) is 0 Å². The number of aliphatic hydroxyl groups excluding tert-OH is 1. The number of aliphatic carboxylic acids is 1. The van der Waals surface area contributed by atoms with Crippen molar-refractivity contribution in [2.75, 3.05) is 0 Å². The molecule has 2 unspecified atom stereocenters. The normalized spacial score (nSPS) is 36.3. The molecule has 2 saturated heterocycles. The van der Waals surface area contributed by atoms with Crippen LogP contribution in [0, 0.1) is 0 Å². The minimum Gasteiger partial charge on any atom is -0.550 e. The first-order valence-corrected chi connectivity index (χ1v) is 5.53. The summed E-state index contributed by atoms with van der Waals surface area (Å²) in [5.41, 5.74) is 0. The molecule has 2 heterocycles. The molecule has 0 spiro atoms. The molecule has 2 atom stereocenters. The third-order valence-electron chi connectivity index (χ3n) is 2.27. The summed E-state index contributed by atoms with van der Waals surface area (Å²) < 4.78 is 0. The Bertz CT molecular complexity index is 168. The van der Waals surface area contributed by atoms with Crippen LogP contribution in [0.2, 0.25) is 0 Å². The van der Waals surface area contributed by atoms with Crippen LogP contribution >= 0.6 is 11.8 Å². The van der Waals surface area contributed by atoms with Crippen molar-refractivity contribution in [2.24, 2.45) is 0 Å². The van der Waals surface area contributed by atoms with Crippen LogP contribution in [-0.2, 0) is 4.79 Å². The van der Waals surface area contributed by atoms with E-state index >= 15 is 0 Å². The van der Waals surface area contributed by atoms with Gasteiger partial charge in [0, 0.05) is 16.5 Å². The summed E-state index contributed by atoms with van der Waals surface area (Å²) in [7, 11) is 0. The number of hydrogen-bond acceptors (Lipinski definition) is 4. The fourth-order valence-corrected chi connectivity index (χ4v) is 3.59. The lowest BCUT2D eigenvalue weighted by atomic mass is 10.1. The second-order valence-electron chi connectivity index (χ2n) is 3.57. The maximum atomic E-state index is 9.28. The Kier molecular flexibility index (Phi) is 4.06. The van der Waals surface area contributed by atoms with Crippen LogP contribution in [0.1, 0.15) is 32.6 Å². The molecule has 0 aromatic rings. The maximum absolute atomic E-state index is 9.28. The molecule has 0 aliphatic carbocycles. The zero-order valence-electron chi connectivity index (χ0n) is 7.73. The molecule has 0 saturated carbocycles. The fraction of sp³-hybridized carbons (Fsp3) is 0.889. The van der Waals surface area contributed by atoms with Crippen molar-refractivity contribution in [1.82, 2.24) is 0 Å². The van der Waals surface area contributed by atoms with Gasteiger partial charge in [0.25, 0.3) is 0 Å². The zero-order valence-corrected chi connectivity index (χ0v) is 8.55. The van der Waals surface area contributed by atoms with E-state index in [1.807, 2.05) is 0 Å². The summed E-state index contributed by atoms with van der Waals surface area (Å²) >= 11 is 2.10. The van der Waals surface area contributed by atoms with Crippen LogP contribution < -0.4 is 5.11 Å². The van der Waals surface area contributed by atoms with Gasteiger partial charge >= 0.3 is 0 Å². The van der Waals surface area contributed by atoms with Crippen molar-refractivity contribution < 1.29 is 15.0 Å². The van der Waals surface area contributed by atoms with Gasteiger partial charge in [0.15, 0.2) is 0 Å². The lowest BCUT2D eigenvalue weighted by Gasteiger charge is -2.22. The Balaban J connectivity index is 0.000000184. The number of aliphatic hydroxyl groups is 1.